The van der Waals surface area contributed by atoms with Gasteiger partial charge in [-0.25, -0.2) is 13.6 Å². The summed E-state index contributed by atoms with van der Waals surface area (Å²) in [6.07, 6.45) is 6.06. The smallest absolute Gasteiger partial charge is 0.329 e. The van der Waals surface area contributed by atoms with Crippen molar-refractivity contribution in [3.63, 3.8) is 0 Å². The third kappa shape index (κ3) is 8.87. The maximum absolute atomic E-state index is 16.2. The molecule has 0 radical (unpaired) electrons. The molecule has 6 aromatic rings. The zero-order chi connectivity index (χ0) is 49.7. The Balaban J connectivity index is 0.767. The summed E-state index contributed by atoms with van der Waals surface area (Å²) in [5.41, 5.74) is 9.79. The molecule has 10 rings (SSSR count). The van der Waals surface area contributed by atoms with Gasteiger partial charge in [-0.05, 0) is 97.4 Å². The minimum absolute atomic E-state index is 0.00550. The summed E-state index contributed by atoms with van der Waals surface area (Å²) in [6, 6.07) is 27.8. The molecule has 4 heterocycles. The molecule has 71 heavy (non-hydrogen) atoms. The molecule has 0 spiro atoms. The number of halogens is 3. The van der Waals surface area contributed by atoms with E-state index < -0.39 is 35.1 Å². The number of nitrogens with zero attached hydrogens (tertiary/aromatic N) is 4. The average molecular weight is 985 g/mol. The average Bonchev–Trinajstić information content (AvgIpc) is 3.85. The van der Waals surface area contributed by atoms with E-state index in [0.29, 0.717) is 23.8 Å². The standard InChI is InChI=1S/C55H56ClF2N7O6/c1-31-46-44(29-41(57)49(56)48(46)47-40(51(59)67)18-19-43(70-3)50(47)58)71-55(31,37-10-5-4-6-11-37)30-60-38-15-12-34(13-16-38)53(68)64-23-20-32(21-24-64)26-33-8-7-9-35(27-33)36-14-17-39-42(28-36)63(2)62-52(39)65-25-22-45(66)61-54(65)69/h4-11,14,17-19,27-29,31-32,34,38,60H,12-13,15-16,20-26,30H2,1-3H3,(H2,59,67)(H,61,66,69)/t31-,34?,38?,55-/m0/s1. The number of hydrogen-bond donors (Lipinski definition) is 3. The van der Waals surface area contributed by atoms with Gasteiger partial charge in [0.15, 0.2) is 23.0 Å². The van der Waals surface area contributed by atoms with Crippen LogP contribution in [0.3, 0.4) is 0 Å². The number of rotatable bonds is 12. The number of carbonyl (C=O) groups is 4. The fraction of sp³-hybridized carbons (Fsp3) is 0.364. The molecular formula is C55H56ClF2N7O6. The Morgan fingerprint density at radius 3 is 2.38 bits per heavy atom. The van der Waals surface area contributed by atoms with E-state index >= 15 is 8.78 Å². The van der Waals surface area contributed by atoms with Gasteiger partial charge in [-0.1, -0.05) is 79.2 Å². The van der Waals surface area contributed by atoms with E-state index in [0.717, 1.165) is 85.6 Å². The van der Waals surface area contributed by atoms with Gasteiger partial charge in [-0.2, -0.15) is 5.10 Å². The topological polar surface area (TPSA) is 161 Å². The van der Waals surface area contributed by atoms with Crippen LogP contribution in [0.4, 0.5) is 19.4 Å². The lowest BCUT2D eigenvalue weighted by Gasteiger charge is -2.38. The number of nitrogens with one attached hydrogen (secondary N) is 2. The van der Waals surface area contributed by atoms with Gasteiger partial charge >= 0.3 is 6.03 Å². The lowest BCUT2D eigenvalue weighted by molar-refractivity contribution is -0.138. The van der Waals surface area contributed by atoms with Crippen LogP contribution in [0.15, 0.2) is 91.0 Å². The quantitative estimate of drug-likeness (QED) is 0.109. The molecule has 4 N–H and O–H groups in total. The summed E-state index contributed by atoms with van der Waals surface area (Å²) in [5.74, 6) is -2.24. The molecule has 3 fully saturated rings. The van der Waals surface area contributed by atoms with E-state index in [1.165, 1.54) is 35.8 Å². The van der Waals surface area contributed by atoms with Crippen molar-refractivity contribution in [3.05, 3.63) is 130 Å². The second-order valence-electron chi connectivity index (χ2n) is 19.4. The van der Waals surface area contributed by atoms with Crippen molar-refractivity contribution in [1.82, 2.24) is 25.3 Å². The number of benzene rings is 5. The fourth-order valence-corrected chi connectivity index (χ4v) is 11.7. The Kier molecular flexibility index (Phi) is 13.1. The number of amides is 5. The summed E-state index contributed by atoms with van der Waals surface area (Å²) in [4.78, 5) is 54.6. The molecule has 0 bridgehead atoms. The van der Waals surface area contributed by atoms with Crippen LogP contribution in [-0.2, 0) is 28.7 Å². The highest BCUT2D eigenvalue weighted by Crippen LogP contribution is 2.56. The highest BCUT2D eigenvalue weighted by Gasteiger charge is 2.50. The van der Waals surface area contributed by atoms with Crippen LogP contribution < -0.4 is 30.7 Å². The molecule has 0 unspecified atom stereocenters. The summed E-state index contributed by atoms with van der Waals surface area (Å²) in [7, 11) is 3.15. The molecular weight excluding hydrogens is 928 g/mol. The lowest BCUT2D eigenvalue weighted by Crippen LogP contribution is -2.49. The monoisotopic (exact) mass is 983 g/mol. The van der Waals surface area contributed by atoms with Crippen LogP contribution in [0.2, 0.25) is 5.02 Å². The van der Waals surface area contributed by atoms with Crippen molar-refractivity contribution in [1.29, 1.82) is 0 Å². The van der Waals surface area contributed by atoms with Gasteiger partial charge in [0.05, 0.1) is 23.2 Å². The molecule has 368 valence electrons. The molecule has 13 nitrogen and oxygen atoms in total. The molecule has 5 amide bonds. The van der Waals surface area contributed by atoms with Gasteiger partial charge in [0.25, 0.3) is 0 Å². The second-order valence-corrected chi connectivity index (χ2v) is 19.8. The number of methoxy groups -OCH3 is 1. The summed E-state index contributed by atoms with van der Waals surface area (Å²) in [6.45, 7) is 3.99. The van der Waals surface area contributed by atoms with Crippen molar-refractivity contribution in [3.8, 4) is 33.8 Å². The Hall–Kier alpha value is -6.84. The zero-order valence-corrected chi connectivity index (χ0v) is 40.7. The van der Waals surface area contributed by atoms with Crippen molar-refractivity contribution in [2.45, 2.75) is 75.9 Å². The van der Waals surface area contributed by atoms with Gasteiger partial charge in [0.2, 0.25) is 17.7 Å². The fourth-order valence-electron chi connectivity index (χ4n) is 11.4. The number of aromatic nitrogens is 2. The first-order chi connectivity index (χ1) is 34.2. The first-order valence-electron chi connectivity index (χ1n) is 24.4. The number of aryl methyl sites for hydroxylation is 1. The SMILES string of the molecule is COc1ccc(C(N)=O)c(-c2c(Cl)c(F)cc3c2[C@H](C)[C@@](CNC2CCC(C(=O)N4CCC(Cc5cccc(-c6ccc7c(N8CCC(=O)NC8=O)nn(C)c7c6)c5)CC4)CC2)(c2ccccc2)O3)c1F. The molecule has 1 aliphatic carbocycles. The summed E-state index contributed by atoms with van der Waals surface area (Å²) in [5, 5.41) is 11.3. The van der Waals surface area contributed by atoms with Crippen molar-refractivity contribution < 1.29 is 37.4 Å². The molecule has 2 atom stereocenters. The molecule has 4 aliphatic rings. The predicted molar refractivity (Wildman–Crippen MR) is 267 cm³/mol. The largest absolute Gasteiger partial charge is 0.494 e. The third-order valence-electron chi connectivity index (χ3n) is 15.3. The molecule has 2 saturated heterocycles. The predicted octanol–water partition coefficient (Wildman–Crippen LogP) is 9.41. The summed E-state index contributed by atoms with van der Waals surface area (Å²) >= 11 is 6.71. The number of nitrogens with two attached hydrogens (primary N) is 1. The second kappa shape index (κ2) is 19.4. The summed E-state index contributed by atoms with van der Waals surface area (Å²) < 4.78 is 45.9. The highest BCUT2D eigenvalue weighted by molar-refractivity contribution is 6.34. The number of fused-ring (bicyclic) bond motifs is 2. The first kappa shape index (κ1) is 47.8. The van der Waals surface area contributed by atoms with E-state index in [4.69, 9.17) is 26.8 Å². The van der Waals surface area contributed by atoms with Crippen LogP contribution in [0.25, 0.3) is 33.2 Å². The van der Waals surface area contributed by atoms with Gasteiger partial charge in [-0.15, -0.1) is 0 Å². The number of likely N-dealkylation sites (tertiary alicyclic amines) is 1. The number of hydrogen-bond acceptors (Lipinski definition) is 8. The van der Waals surface area contributed by atoms with E-state index in [1.54, 1.807) is 4.68 Å². The molecule has 5 aromatic carbocycles. The zero-order valence-electron chi connectivity index (χ0n) is 39.9. The van der Waals surface area contributed by atoms with E-state index in [2.05, 4.69) is 51.0 Å². The van der Waals surface area contributed by atoms with Crippen LogP contribution >= 0.6 is 11.6 Å². The van der Waals surface area contributed by atoms with Gasteiger partial charge in [0.1, 0.15) is 11.6 Å². The molecule has 3 aliphatic heterocycles. The van der Waals surface area contributed by atoms with Crippen LogP contribution in [0.5, 0.6) is 11.5 Å². The third-order valence-corrected chi connectivity index (χ3v) is 15.7. The van der Waals surface area contributed by atoms with Crippen LogP contribution in [-0.4, -0.2) is 77.8 Å². The number of carbonyl (C=O) groups excluding carboxylic acids is 4. The maximum Gasteiger partial charge on any atom is 0.329 e. The van der Waals surface area contributed by atoms with E-state index in [9.17, 15) is 19.2 Å². The van der Waals surface area contributed by atoms with Gasteiger partial charge < -0.3 is 25.4 Å². The van der Waals surface area contributed by atoms with Crippen molar-refractivity contribution in [2.24, 2.45) is 24.6 Å². The van der Waals surface area contributed by atoms with Crippen LogP contribution in [0, 0.1) is 23.5 Å². The number of anilines is 1. The van der Waals surface area contributed by atoms with E-state index in [-0.39, 0.29) is 70.0 Å². The lowest BCUT2D eigenvalue weighted by atomic mass is 9.77. The number of primary amides is 1. The maximum atomic E-state index is 16.2. The number of urea groups is 1. The van der Waals surface area contributed by atoms with Gasteiger partial charge in [0, 0.05) is 85.7 Å². The number of piperidine rings is 1. The van der Waals surface area contributed by atoms with Crippen molar-refractivity contribution in [2.75, 3.05) is 38.2 Å². The normalized spacial score (nSPS) is 21.5. The van der Waals surface area contributed by atoms with Gasteiger partial charge in [-0.3, -0.25) is 29.3 Å². The molecule has 1 aromatic heterocycles. The first-order valence-corrected chi connectivity index (χ1v) is 24.7. The van der Waals surface area contributed by atoms with E-state index in [1.807, 2.05) is 56.4 Å². The number of ether oxygens (including phenoxy) is 2. The van der Waals surface area contributed by atoms with Crippen LogP contribution in [0.1, 0.15) is 84.8 Å². The van der Waals surface area contributed by atoms with Crippen molar-refractivity contribution >= 4 is 52.1 Å². The molecule has 1 saturated carbocycles. The molecule has 16 heteroatoms. The number of imide groups is 1. The Labute approximate surface area is 415 Å². The Morgan fingerprint density at radius 1 is 0.915 bits per heavy atom. The Morgan fingerprint density at radius 2 is 1.66 bits per heavy atom. The minimum atomic E-state index is -1.08. The Bertz CT molecular complexity index is 3080. The highest BCUT2D eigenvalue weighted by atomic mass is 35.5. The minimum Gasteiger partial charge on any atom is -0.494 e.